The lowest BCUT2D eigenvalue weighted by Crippen LogP contribution is -2.38. The maximum absolute atomic E-state index is 11.1. The molecule has 0 amide bonds. The van der Waals surface area contributed by atoms with Gasteiger partial charge in [-0.05, 0) is 48.9 Å². The highest BCUT2D eigenvalue weighted by Gasteiger charge is 2.43. The fourth-order valence-corrected chi connectivity index (χ4v) is 3.56. The quantitative estimate of drug-likeness (QED) is 0.908. The maximum Gasteiger partial charge on any atom is 0.0867 e. The summed E-state index contributed by atoms with van der Waals surface area (Å²) < 4.78 is 0. The minimum absolute atomic E-state index is 0.276. The van der Waals surface area contributed by atoms with E-state index in [0.717, 1.165) is 24.0 Å². The molecule has 0 saturated heterocycles. The second-order valence-corrected chi connectivity index (χ2v) is 6.45. The number of rotatable bonds is 3. The largest absolute Gasteiger partial charge is 0.388 e. The van der Waals surface area contributed by atoms with Crippen LogP contribution in [0.25, 0.3) is 0 Å². The molecule has 0 aliphatic heterocycles. The average Bonchev–Trinajstić information content (AvgIpc) is 2.89. The molecule has 21 heavy (non-hydrogen) atoms. The molecule has 1 atom stereocenters. The van der Waals surface area contributed by atoms with Gasteiger partial charge in [-0.25, -0.2) is 0 Å². The van der Waals surface area contributed by atoms with Gasteiger partial charge in [-0.15, -0.1) is 0 Å². The second-order valence-electron chi connectivity index (χ2n) is 6.45. The Kier molecular flexibility index (Phi) is 3.60. The van der Waals surface area contributed by atoms with E-state index < -0.39 is 6.10 Å². The minimum Gasteiger partial charge on any atom is -0.388 e. The molecule has 0 aromatic heterocycles. The molecule has 1 aliphatic carbocycles. The van der Waals surface area contributed by atoms with E-state index >= 15 is 0 Å². The first-order valence-corrected chi connectivity index (χ1v) is 7.58. The van der Waals surface area contributed by atoms with Crippen LogP contribution in [0.4, 0.5) is 0 Å². The number of aliphatic hydroxyl groups is 1. The third-order valence-corrected chi connectivity index (χ3v) is 4.92. The summed E-state index contributed by atoms with van der Waals surface area (Å²) in [5.74, 6) is 0. The van der Waals surface area contributed by atoms with E-state index in [4.69, 9.17) is 5.73 Å². The summed E-state index contributed by atoms with van der Waals surface area (Å²) in [7, 11) is 0. The molecule has 0 fully saturated rings. The van der Waals surface area contributed by atoms with Crippen molar-refractivity contribution in [1.29, 1.82) is 0 Å². The highest BCUT2D eigenvalue weighted by molar-refractivity contribution is 5.39. The van der Waals surface area contributed by atoms with Crippen molar-refractivity contribution in [3.05, 3.63) is 70.3 Å². The van der Waals surface area contributed by atoms with Crippen molar-refractivity contribution in [2.24, 2.45) is 11.1 Å². The molecule has 2 aromatic rings. The monoisotopic (exact) mass is 281 g/mol. The maximum atomic E-state index is 11.1. The van der Waals surface area contributed by atoms with Gasteiger partial charge in [-0.2, -0.15) is 0 Å². The van der Waals surface area contributed by atoms with E-state index in [1.54, 1.807) is 0 Å². The van der Waals surface area contributed by atoms with Crippen LogP contribution in [0.3, 0.4) is 0 Å². The van der Waals surface area contributed by atoms with Crippen LogP contribution < -0.4 is 5.73 Å². The van der Waals surface area contributed by atoms with E-state index in [9.17, 15) is 5.11 Å². The zero-order valence-corrected chi connectivity index (χ0v) is 12.8. The number of nitrogens with two attached hydrogens (primary N) is 1. The third kappa shape index (κ3) is 2.39. The summed E-state index contributed by atoms with van der Waals surface area (Å²) in [6.45, 7) is 4.62. The lowest BCUT2D eigenvalue weighted by atomic mass is 9.75. The van der Waals surface area contributed by atoms with Crippen LogP contribution in [0, 0.1) is 19.3 Å². The molecule has 110 valence electrons. The number of benzene rings is 2. The molecule has 1 unspecified atom stereocenters. The van der Waals surface area contributed by atoms with Crippen LogP contribution in [0.5, 0.6) is 0 Å². The summed E-state index contributed by atoms with van der Waals surface area (Å²) in [6.07, 6.45) is 1.19. The molecule has 0 radical (unpaired) electrons. The Morgan fingerprint density at radius 1 is 1.10 bits per heavy atom. The zero-order valence-electron chi connectivity index (χ0n) is 12.8. The molecule has 0 spiro atoms. The van der Waals surface area contributed by atoms with Crippen molar-refractivity contribution >= 4 is 0 Å². The highest BCUT2D eigenvalue weighted by atomic mass is 16.3. The van der Waals surface area contributed by atoms with E-state index in [-0.39, 0.29) is 5.41 Å². The second kappa shape index (κ2) is 5.28. The van der Waals surface area contributed by atoms with E-state index in [0.29, 0.717) is 6.54 Å². The van der Waals surface area contributed by atoms with Crippen LogP contribution >= 0.6 is 0 Å². The predicted molar refractivity (Wildman–Crippen MR) is 86.2 cm³/mol. The predicted octanol–water partition coefficient (Wildman–Crippen LogP) is 3.08. The summed E-state index contributed by atoms with van der Waals surface area (Å²) in [6, 6.07) is 14.7. The van der Waals surface area contributed by atoms with Gasteiger partial charge in [-0.3, -0.25) is 0 Å². The number of hydrogen-bond acceptors (Lipinski definition) is 2. The van der Waals surface area contributed by atoms with Gasteiger partial charge in [0.25, 0.3) is 0 Å². The van der Waals surface area contributed by atoms with Gasteiger partial charge in [0.2, 0.25) is 0 Å². The summed E-state index contributed by atoms with van der Waals surface area (Å²) in [5.41, 5.74) is 11.8. The Bertz CT molecular complexity index is 637. The van der Waals surface area contributed by atoms with Gasteiger partial charge in [-0.1, -0.05) is 48.0 Å². The Labute approximate surface area is 126 Å². The Morgan fingerprint density at radius 3 is 2.29 bits per heavy atom. The van der Waals surface area contributed by atoms with Crippen LogP contribution in [-0.4, -0.2) is 11.7 Å². The SMILES string of the molecule is Cc1ccc(C)c(C(O)C2(CN)Cc3ccccc3C2)c1. The number of aryl methyl sites for hydroxylation is 2. The van der Waals surface area contributed by atoms with Gasteiger partial charge in [0.1, 0.15) is 0 Å². The molecule has 0 heterocycles. The molecule has 1 aliphatic rings. The Hall–Kier alpha value is -1.64. The van der Waals surface area contributed by atoms with Gasteiger partial charge in [0, 0.05) is 12.0 Å². The topological polar surface area (TPSA) is 46.2 Å². The average molecular weight is 281 g/mol. The van der Waals surface area contributed by atoms with Crippen LogP contribution in [-0.2, 0) is 12.8 Å². The van der Waals surface area contributed by atoms with Crippen LogP contribution in [0.1, 0.15) is 33.9 Å². The van der Waals surface area contributed by atoms with Crippen LogP contribution in [0.15, 0.2) is 42.5 Å². The fourth-order valence-electron chi connectivity index (χ4n) is 3.56. The first-order chi connectivity index (χ1) is 10.1. The molecule has 0 bridgehead atoms. The summed E-state index contributed by atoms with van der Waals surface area (Å²) in [5, 5.41) is 11.1. The van der Waals surface area contributed by atoms with Gasteiger partial charge in [0.15, 0.2) is 0 Å². The Morgan fingerprint density at radius 2 is 1.71 bits per heavy atom. The van der Waals surface area contributed by atoms with Crippen molar-refractivity contribution < 1.29 is 5.11 Å². The Balaban J connectivity index is 2.00. The van der Waals surface area contributed by atoms with Crippen molar-refractivity contribution in [1.82, 2.24) is 0 Å². The van der Waals surface area contributed by atoms with Crippen molar-refractivity contribution in [2.45, 2.75) is 32.8 Å². The lowest BCUT2D eigenvalue weighted by Gasteiger charge is -2.34. The number of hydrogen-bond donors (Lipinski definition) is 2. The third-order valence-electron chi connectivity index (χ3n) is 4.92. The lowest BCUT2D eigenvalue weighted by molar-refractivity contribution is 0.0353. The number of aliphatic hydroxyl groups excluding tert-OH is 1. The van der Waals surface area contributed by atoms with Crippen LogP contribution in [0.2, 0.25) is 0 Å². The normalized spacial score (nSPS) is 17.5. The molecule has 2 aromatic carbocycles. The first kappa shape index (κ1) is 14.3. The molecule has 0 saturated carbocycles. The first-order valence-electron chi connectivity index (χ1n) is 7.58. The van der Waals surface area contributed by atoms with Crippen molar-refractivity contribution in [3.63, 3.8) is 0 Å². The zero-order chi connectivity index (χ0) is 15.0. The molecular formula is C19H23NO. The van der Waals surface area contributed by atoms with E-state index in [1.807, 2.05) is 0 Å². The smallest absolute Gasteiger partial charge is 0.0867 e. The minimum atomic E-state index is -0.519. The molecular weight excluding hydrogens is 258 g/mol. The van der Waals surface area contributed by atoms with Gasteiger partial charge in [0.05, 0.1) is 6.10 Å². The summed E-state index contributed by atoms with van der Waals surface area (Å²) >= 11 is 0. The fraction of sp³-hybridized carbons (Fsp3) is 0.368. The molecule has 3 rings (SSSR count). The molecule has 3 N–H and O–H groups in total. The number of fused-ring (bicyclic) bond motifs is 1. The van der Waals surface area contributed by atoms with E-state index in [1.165, 1.54) is 16.7 Å². The van der Waals surface area contributed by atoms with Crippen molar-refractivity contribution in [3.8, 4) is 0 Å². The van der Waals surface area contributed by atoms with Gasteiger partial charge < -0.3 is 10.8 Å². The van der Waals surface area contributed by atoms with Gasteiger partial charge >= 0.3 is 0 Å². The summed E-state index contributed by atoms with van der Waals surface area (Å²) in [4.78, 5) is 0. The molecule has 2 heteroatoms. The standard InChI is InChI=1S/C19H23NO/c1-13-7-8-14(2)17(9-13)18(21)19(12-20)10-15-5-3-4-6-16(15)11-19/h3-9,18,21H,10-12,20H2,1-2H3. The van der Waals surface area contributed by atoms with E-state index in [2.05, 4.69) is 56.3 Å². The highest BCUT2D eigenvalue weighted by Crippen LogP contribution is 2.45. The molecule has 2 nitrogen and oxygen atoms in total. The van der Waals surface area contributed by atoms with Crippen molar-refractivity contribution in [2.75, 3.05) is 6.54 Å².